The molecule has 0 unspecified atom stereocenters. The van der Waals surface area contributed by atoms with Crippen molar-refractivity contribution in [2.24, 2.45) is 0 Å². The van der Waals surface area contributed by atoms with Crippen LogP contribution in [0.2, 0.25) is 0 Å². The minimum absolute atomic E-state index is 0.317. The minimum Gasteiger partial charge on any atom is -0.497 e. The second kappa shape index (κ2) is 9.52. The van der Waals surface area contributed by atoms with Crippen LogP contribution < -0.4 is 18.9 Å². The molecule has 0 aliphatic rings. The molecule has 0 aromatic heterocycles. The van der Waals surface area contributed by atoms with E-state index in [0.717, 1.165) is 16.7 Å². The number of benzene rings is 2. The molecule has 0 heterocycles. The van der Waals surface area contributed by atoms with Crippen molar-refractivity contribution in [3.8, 4) is 34.1 Å². The first-order chi connectivity index (χ1) is 13.1. The highest BCUT2D eigenvalue weighted by molar-refractivity contribution is 5.90. The molecular weight excluding hydrogens is 348 g/mol. The number of ether oxygens (including phenoxy) is 5. The number of rotatable bonds is 8. The Morgan fingerprint density at radius 2 is 1.59 bits per heavy atom. The molecule has 0 aliphatic heterocycles. The molecule has 0 spiro atoms. The minimum atomic E-state index is -0.412. The largest absolute Gasteiger partial charge is 0.497 e. The van der Waals surface area contributed by atoms with Crippen LogP contribution in [0.3, 0.4) is 0 Å². The predicted octanol–water partition coefficient (Wildman–Crippen LogP) is 3.96. The summed E-state index contributed by atoms with van der Waals surface area (Å²) in [5, 5.41) is 0. The van der Waals surface area contributed by atoms with E-state index >= 15 is 0 Å². The quantitative estimate of drug-likeness (QED) is 0.516. The molecule has 0 fully saturated rings. The highest BCUT2D eigenvalue weighted by atomic mass is 16.5. The van der Waals surface area contributed by atoms with E-state index in [4.69, 9.17) is 23.7 Å². The maximum Gasteiger partial charge on any atom is 0.330 e. The summed E-state index contributed by atoms with van der Waals surface area (Å²) in [6.45, 7) is 2.08. The lowest BCUT2D eigenvalue weighted by atomic mass is 9.97. The summed E-state index contributed by atoms with van der Waals surface area (Å²) in [4.78, 5) is 11.7. The average Bonchev–Trinajstić information content (AvgIpc) is 2.70. The molecule has 2 aromatic carbocycles. The average molecular weight is 372 g/mol. The normalized spacial score (nSPS) is 10.6. The molecule has 0 radical (unpaired) electrons. The van der Waals surface area contributed by atoms with Crippen molar-refractivity contribution < 1.29 is 28.5 Å². The first kappa shape index (κ1) is 20.2. The van der Waals surface area contributed by atoms with Gasteiger partial charge in [0.15, 0.2) is 11.5 Å². The van der Waals surface area contributed by atoms with E-state index in [1.54, 1.807) is 47.5 Å². The maximum absolute atomic E-state index is 11.7. The Morgan fingerprint density at radius 1 is 0.889 bits per heavy atom. The fraction of sp³-hybridized carbons (Fsp3) is 0.286. The third kappa shape index (κ3) is 4.53. The van der Waals surface area contributed by atoms with Gasteiger partial charge in [-0.25, -0.2) is 4.79 Å². The fourth-order valence-corrected chi connectivity index (χ4v) is 2.71. The molecule has 2 rings (SSSR count). The molecule has 144 valence electrons. The molecular formula is C21H24O6. The lowest BCUT2D eigenvalue weighted by Gasteiger charge is -2.17. The van der Waals surface area contributed by atoms with Crippen molar-refractivity contribution in [2.75, 3.05) is 35.0 Å². The standard InChI is InChI=1S/C21H24O6/c1-6-27-19(22)12-7-14-13-15(23-2)8-9-16(14)17-10-11-18(24-3)21(26-5)20(17)25-4/h7-13H,6H2,1-5H3/b12-7+. The van der Waals surface area contributed by atoms with Crippen LogP contribution in [0.15, 0.2) is 36.4 Å². The van der Waals surface area contributed by atoms with Crippen LogP contribution in [0.25, 0.3) is 17.2 Å². The maximum atomic E-state index is 11.7. The van der Waals surface area contributed by atoms with Gasteiger partial charge in [-0.2, -0.15) is 0 Å². The number of esters is 1. The van der Waals surface area contributed by atoms with Crippen LogP contribution in [-0.4, -0.2) is 41.0 Å². The van der Waals surface area contributed by atoms with Gasteiger partial charge in [0.1, 0.15) is 5.75 Å². The Kier molecular flexibility index (Phi) is 7.11. The first-order valence-electron chi connectivity index (χ1n) is 8.41. The van der Waals surface area contributed by atoms with Crippen molar-refractivity contribution in [1.29, 1.82) is 0 Å². The van der Waals surface area contributed by atoms with E-state index < -0.39 is 5.97 Å². The second-order valence-corrected chi connectivity index (χ2v) is 5.42. The van der Waals surface area contributed by atoms with Gasteiger partial charge in [0.05, 0.1) is 35.0 Å². The molecule has 6 heteroatoms. The van der Waals surface area contributed by atoms with E-state index in [0.29, 0.717) is 29.6 Å². The summed E-state index contributed by atoms with van der Waals surface area (Å²) in [6, 6.07) is 9.26. The topological polar surface area (TPSA) is 63.2 Å². The molecule has 0 aliphatic carbocycles. The van der Waals surface area contributed by atoms with Crippen molar-refractivity contribution in [3.63, 3.8) is 0 Å². The number of hydrogen-bond acceptors (Lipinski definition) is 6. The van der Waals surface area contributed by atoms with Crippen LogP contribution >= 0.6 is 0 Å². The molecule has 0 amide bonds. The van der Waals surface area contributed by atoms with E-state index in [-0.39, 0.29) is 0 Å². The molecule has 27 heavy (non-hydrogen) atoms. The molecule has 0 atom stereocenters. The molecule has 2 aromatic rings. The van der Waals surface area contributed by atoms with Gasteiger partial charge in [0.2, 0.25) is 5.75 Å². The van der Waals surface area contributed by atoms with Crippen LogP contribution in [-0.2, 0) is 9.53 Å². The van der Waals surface area contributed by atoms with E-state index in [9.17, 15) is 4.79 Å². The summed E-state index contributed by atoms with van der Waals surface area (Å²) in [5.74, 6) is 1.85. The number of carbonyl (C=O) groups is 1. The number of hydrogen-bond donors (Lipinski definition) is 0. The van der Waals surface area contributed by atoms with Crippen molar-refractivity contribution in [1.82, 2.24) is 0 Å². The Bertz CT molecular complexity index is 826. The highest BCUT2D eigenvalue weighted by Gasteiger charge is 2.18. The summed E-state index contributed by atoms with van der Waals surface area (Å²) in [6.07, 6.45) is 3.07. The predicted molar refractivity (Wildman–Crippen MR) is 104 cm³/mol. The Balaban J connectivity index is 2.63. The summed E-state index contributed by atoms with van der Waals surface area (Å²) < 4.78 is 26.7. The highest BCUT2D eigenvalue weighted by Crippen LogP contribution is 2.45. The first-order valence-corrected chi connectivity index (χ1v) is 8.41. The van der Waals surface area contributed by atoms with Gasteiger partial charge in [0, 0.05) is 11.6 Å². The number of carbonyl (C=O) groups excluding carboxylic acids is 1. The van der Waals surface area contributed by atoms with Gasteiger partial charge in [-0.3, -0.25) is 0 Å². The monoisotopic (exact) mass is 372 g/mol. The van der Waals surface area contributed by atoms with Crippen LogP contribution in [0, 0.1) is 0 Å². The zero-order valence-electron chi connectivity index (χ0n) is 16.2. The lowest BCUT2D eigenvalue weighted by molar-refractivity contribution is -0.137. The van der Waals surface area contributed by atoms with Crippen LogP contribution in [0.4, 0.5) is 0 Å². The Morgan fingerprint density at radius 3 is 2.19 bits per heavy atom. The van der Waals surface area contributed by atoms with Gasteiger partial charge in [-0.05, 0) is 54.5 Å². The molecule has 0 saturated carbocycles. The molecule has 6 nitrogen and oxygen atoms in total. The van der Waals surface area contributed by atoms with Gasteiger partial charge < -0.3 is 23.7 Å². The Hall–Kier alpha value is -3.15. The van der Waals surface area contributed by atoms with E-state index in [1.807, 2.05) is 24.3 Å². The van der Waals surface area contributed by atoms with E-state index in [1.165, 1.54) is 6.08 Å². The Labute approximate surface area is 159 Å². The van der Waals surface area contributed by atoms with E-state index in [2.05, 4.69) is 0 Å². The summed E-state index contributed by atoms with van der Waals surface area (Å²) >= 11 is 0. The zero-order chi connectivity index (χ0) is 19.8. The zero-order valence-corrected chi connectivity index (χ0v) is 16.2. The third-order valence-corrected chi connectivity index (χ3v) is 3.94. The molecule has 0 saturated heterocycles. The smallest absolute Gasteiger partial charge is 0.330 e. The van der Waals surface area contributed by atoms with Crippen LogP contribution in [0.5, 0.6) is 23.0 Å². The van der Waals surface area contributed by atoms with Gasteiger partial charge in [0.25, 0.3) is 0 Å². The van der Waals surface area contributed by atoms with Crippen molar-refractivity contribution >= 4 is 12.0 Å². The second-order valence-electron chi connectivity index (χ2n) is 5.42. The van der Waals surface area contributed by atoms with Crippen molar-refractivity contribution in [2.45, 2.75) is 6.92 Å². The van der Waals surface area contributed by atoms with Gasteiger partial charge >= 0.3 is 5.97 Å². The SMILES string of the molecule is CCOC(=O)/C=C/c1cc(OC)ccc1-c1ccc(OC)c(OC)c1OC. The number of methoxy groups -OCH3 is 4. The summed E-state index contributed by atoms with van der Waals surface area (Å²) in [7, 11) is 6.28. The lowest BCUT2D eigenvalue weighted by Crippen LogP contribution is -1.99. The van der Waals surface area contributed by atoms with Gasteiger partial charge in [-0.15, -0.1) is 0 Å². The fourth-order valence-electron chi connectivity index (χ4n) is 2.71. The molecule has 0 bridgehead atoms. The third-order valence-electron chi connectivity index (χ3n) is 3.94. The van der Waals surface area contributed by atoms with Crippen molar-refractivity contribution in [3.05, 3.63) is 42.0 Å². The van der Waals surface area contributed by atoms with Crippen LogP contribution in [0.1, 0.15) is 12.5 Å². The summed E-state index contributed by atoms with van der Waals surface area (Å²) in [5.41, 5.74) is 2.41. The molecule has 0 N–H and O–H groups in total. The van der Waals surface area contributed by atoms with Gasteiger partial charge in [-0.1, -0.05) is 0 Å².